The summed E-state index contributed by atoms with van der Waals surface area (Å²) in [7, 11) is 0. The molecule has 0 fully saturated rings. The molecule has 0 spiro atoms. The molecule has 1 unspecified atom stereocenters. The highest BCUT2D eigenvalue weighted by Crippen LogP contribution is 2.37. The topological polar surface area (TPSA) is 75.3 Å². The van der Waals surface area contributed by atoms with Gasteiger partial charge in [-0.25, -0.2) is 4.79 Å². The molecule has 24 heavy (non-hydrogen) atoms. The third kappa shape index (κ3) is 4.93. The Kier molecular flexibility index (Phi) is 6.15. The SMILES string of the molecule is CC(C)CC(C)Nc1ccc(N)cc1Sc1ccccc1C(=O)O. The highest BCUT2D eigenvalue weighted by molar-refractivity contribution is 7.99. The summed E-state index contributed by atoms with van der Waals surface area (Å²) in [6, 6.07) is 13.0. The smallest absolute Gasteiger partial charge is 0.336 e. The van der Waals surface area contributed by atoms with E-state index in [1.54, 1.807) is 12.1 Å². The molecule has 0 amide bonds. The van der Waals surface area contributed by atoms with Gasteiger partial charge in [-0.15, -0.1) is 0 Å². The first-order valence-electron chi connectivity index (χ1n) is 8.03. The minimum atomic E-state index is -0.926. The van der Waals surface area contributed by atoms with Gasteiger partial charge in [-0.2, -0.15) is 0 Å². The Bertz CT molecular complexity index is 716. The predicted molar refractivity (Wildman–Crippen MR) is 101 cm³/mol. The summed E-state index contributed by atoms with van der Waals surface area (Å²) >= 11 is 1.42. The van der Waals surface area contributed by atoms with Crippen molar-refractivity contribution in [3.8, 4) is 0 Å². The van der Waals surface area contributed by atoms with E-state index in [0.717, 1.165) is 17.0 Å². The number of hydrogen-bond acceptors (Lipinski definition) is 4. The van der Waals surface area contributed by atoms with Gasteiger partial charge in [0.15, 0.2) is 0 Å². The Morgan fingerprint density at radius 2 is 1.88 bits per heavy atom. The van der Waals surface area contributed by atoms with Crippen LogP contribution in [0.1, 0.15) is 37.6 Å². The van der Waals surface area contributed by atoms with E-state index < -0.39 is 5.97 Å². The van der Waals surface area contributed by atoms with Crippen molar-refractivity contribution in [1.29, 1.82) is 0 Å². The number of carboxylic acid groups (broad SMARTS) is 1. The number of rotatable bonds is 7. The molecule has 2 aromatic carbocycles. The molecule has 0 aromatic heterocycles. The van der Waals surface area contributed by atoms with Crippen molar-refractivity contribution in [2.24, 2.45) is 5.92 Å². The zero-order chi connectivity index (χ0) is 17.7. The Morgan fingerprint density at radius 3 is 2.54 bits per heavy atom. The second-order valence-electron chi connectivity index (χ2n) is 6.33. The highest BCUT2D eigenvalue weighted by atomic mass is 32.2. The first-order chi connectivity index (χ1) is 11.4. The number of anilines is 2. The number of hydrogen-bond donors (Lipinski definition) is 3. The van der Waals surface area contributed by atoms with E-state index in [0.29, 0.717) is 28.1 Å². The maximum atomic E-state index is 11.4. The fraction of sp³-hybridized carbons (Fsp3) is 0.316. The lowest BCUT2D eigenvalue weighted by molar-refractivity contribution is 0.0693. The lowest BCUT2D eigenvalue weighted by Gasteiger charge is -2.20. The van der Waals surface area contributed by atoms with Crippen LogP contribution in [0.3, 0.4) is 0 Å². The van der Waals surface area contributed by atoms with E-state index in [1.165, 1.54) is 11.8 Å². The second-order valence-corrected chi connectivity index (χ2v) is 7.42. The molecule has 0 aliphatic rings. The van der Waals surface area contributed by atoms with E-state index in [2.05, 4.69) is 26.1 Å². The van der Waals surface area contributed by atoms with Gasteiger partial charge in [0.25, 0.3) is 0 Å². The molecular weight excluding hydrogens is 320 g/mol. The monoisotopic (exact) mass is 344 g/mol. The maximum absolute atomic E-state index is 11.4. The number of aromatic carboxylic acids is 1. The number of nitrogen functional groups attached to an aromatic ring is 1. The molecule has 4 N–H and O–H groups in total. The summed E-state index contributed by atoms with van der Waals surface area (Å²) in [6.07, 6.45) is 1.06. The molecule has 5 heteroatoms. The van der Waals surface area contributed by atoms with E-state index in [1.807, 2.05) is 30.3 Å². The predicted octanol–water partition coefficient (Wildman–Crippen LogP) is 4.96. The van der Waals surface area contributed by atoms with Crippen molar-refractivity contribution < 1.29 is 9.90 Å². The van der Waals surface area contributed by atoms with E-state index >= 15 is 0 Å². The molecule has 0 heterocycles. The van der Waals surface area contributed by atoms with Gasteiger partial charge in [0.1, 0.15) is 0 Å². The summed E-state index contributed by atoms with van der Waals surface area (Å²) in [4.78, 5) is 13.0. The normalized spacial score (nSPS) is 12.2. The minimum absolute atomic E-state index is 0.297. The van der Waals surface area contributed by atoms with Crippen LogP contribution < -0.4 is 11.1 Å². The van der Waals surface area contributed by atoms with Gasteiger partial charge in [-0.1, -0.05) is 37.7 Å². The summed E-state index contributed by atoms with van der Waals surface area (Å²) in [6.45, 7) is 6.54. The van der Waals surface area contributed by atoms with Gasteiger partial charge < -0.3 is 16.2 Å². The van der Waals surface area contributed by atoms with Crippen molar-refractivity contribution in [1.82, 2.24) is 0 Å². The molecule has 0 saturated carbocycles. The molecule has 2 rings (SSSR count). The molecule has 0 radical (unpaired) electrons. The van der Waals surface area contributed by atoms with Gasteiger partial charge in [0.2, 0.25) is 0 Å². The van der Waals surface area contributed by atoms with Crippen molar-refractivity contribution in [2.45, 2.75) is 43.0 Å². The first-order valence-corrected chi connectivity index (χ1v) is 8.84. The van der Waals surface area contributed by atoms with E-state index in [9.17, 15) is 9.90 Å². The Hall–Kier alpha value is -2.14. The van der Waals surface area contributed by atoms with Crippen LogP contribution in [0.2, 0.25) is 0 Å². The molecule has 1 atom stereocenters. The first kappa shape index (κ1) is 18.2. The summed E-state index contributed by atoms with van der Waals surface area (Å²) in [5, 5.41) is 12.9. The van der Waals surface area contributed by atoms with Crippen LogP contribution in [0.15, 0.2) is 52.3 Å². The van der Waals surface area contributed by atoms with Gasteiger partial charge >= 0.3 is 5.97 Å². The molecule has 0 aliphatic heterocycles. The number of nitrogens with one attached hydrogen (secondary N) is 1. The van der Waals surface area contributed by atoms with Crippen molar-refractivity contribution >= 4 is 29.1 Å². The van der Waals surface area contributed by atoms with Crippen LogP contribution in [-0.2, 0) is 0 Å². The summed E-state index contributed by atoms with van der Waals surface area (Å²) < 4.78 is 0. The maximum Gasteiger partial charge on any atom is 0.336 e. The molecule has 4 nitrogen and oxygen atoms in total. The number of carbonyl (C=O) groups is 1. The van der Waals surface area contributed by atoms with Crippen LogP contribution in [0.4, 0.5) is 11.4 Å². The molecule has 0 saturated heterocycles. The molecule has 128 valence electrons. The Balaban J connectivity index is 2.30. The van der Waals surface area contributed by atoms with Gasteiger partial charge in [-0.05, 0) is 49.6 Å². The molecule has 0 aliphatic carbocycles. The van der Waals surface area contributed by atoms with Crippen LogP contribution in [0.5, 0.6) is 0 Å². The second kappa shape index (κ2) is 8.11. The number of nitrogens with two attached hydrogens (primary N) is 1. The summed E-state index contributed by atoms with van der Waals surface area (Å²) in [5.74, 6) is -0.324. The minimum Gasteiger partial charge on any atom is -0.478 e. The standard InChI is InChI=1S/C19H24N2O2S/c1-12(2)10-13(3)21-16-9-8-14(20)11-18(16)24-17-7-5-4-6-15(17)19(22)23/h4-9,11-13,21H,10,20H2,1-3H3,(H,22,23). The number of benzene rings is 2. The van der Waals surface area contributed by atoms with Crippen molar-refractivity contribution in [3.63, 3.8) is 0 Å². The average Bonchev–Trinajstić information content (AvgIpc) is 2.49. The average molecular weight is 344 g/mol. The zero-order valence-electron chi connectivity index (χ0n) is 14.2. The Morgan fingerprint density at radius 1 is 1.17 bits per heavy atom. The van der Waals surface area contributed by atoms with Crippen LogP contribution in [0, 0.1) is 5.92 Å². The van der Waals surface area contributed by atoms with Gasteiger partial charge in [0, 0.05) is 27.2 Å². The largest absolute Gasteiger partial charge is 0.478 e. The zero-order valence-corrected chi connectivity index (χ0v) is 15.1. The van der Waals surface area contributed by atoms with Gasteiger partial charge in [0.05, 0.1) is 5.56 Å². The fourth-order valence-electron chi connectivity index (χ4n) is 2.62. The van der Waals surface area contributed by atoms with Crippen LogP contribution >= 0.6 is 11.8 Å². The third-order valence-corrected chi connectivity index (χ3v) is 4.70. The number of carboxylic acids is 1. The van der Waals surface area contributed by atoms with Gasteiger partial charge in [-0.3, -0.25) is 0 Å². The summed E-state index contributed by atoms with van der Waals surface area (Å²) in [5.41, 5.74) is 7.86. The van der Waals surface area contributed by atoms with Crippen molar-refractivity contribution in [2.75, 3.05) is 11.1 Å². The lowest BCUT2D eigenvalue weighted by Crippen LogP contribution is -2.17. The van der Waals surface area contributed by atoms with Crippen LogP contribution in [0.25, 0.3) is 0 Å². The highest BCUT2D eigenvalue weighted by Gasteiger charge is 2.14. The Labute approximate surface area is 147 Å². The van der Waals surface area contributed by atoms with Crippen molar-refractivity contribution in [3.05, 3.63) is 48.0 Å². The van der Waals surface area contributed by atoms with E-state index in [-0.39, 0.29) is 0 Å². The molecular formula is C19H24N2O2S. The van der Waals surface area contributed by atoms with E-state index in [4.69, 9.17) is 5.73 Å². The lowest BCUT2D eigenvalue weighted by atomic mass is 10.1. The molecule has 0 bridgehead atoms. The van der Waals surface area contributed by atoms with Crippen LogP contribution in [-0.4, -0.2) is 17.1 Å². The molecule has 2 aromatic rings. The quantitative estimate of drug-likeness (QED) is 0.619. The fourth-order valence-corrected chi connectivity index (χ4v) is 3.71. The third-order valence-electron chi connectivity index (χ3n) is 3.57.